The lowest BCUT2D eigenvalue weighted by Gasteiger charge is -2.36. The van der Waals surface area contributed by atoms with Crippen molar-refractivity contribution in [2.45, 2.75) is 10.8 Å². The van der Waals surface area contributed by atoms with E-state index in [1.165, 1.54) is 19.2 Å². The molecule has 0 saturated heterocycles. The molecular formula is C23H22N4O7S. The SMILES string of the molecule is COC(=O)C1=C(C(=O)OC)N(c2ccc(S(N)(=O)=O)c(OC)c2)C(N)=C(C#N)C1c1ccccc1. The van der Waals surface area contributed by atoms with Crippen LogP contribution < -0.4 is 20.5 Å². The molecule has 0 radical (unpaired) electrons. The molecule has 182 valence electrons. The van der Waals surface area contributed by atoms with Crippen molar-refractivity contribution in [2.75, 3.05) is 26.2 Å². The number of nitrogens with zero attached hydrogens (tertiary/aromatic N) is 2. The number of sulfonamides is 1. The van der Waals surface area contributed by atoms with Crippen molar-refractivity contribution in [3.05, 3.63) is 76.8 Å². The minimum atomic E-state index is -4.15. The molecule has 2 aromatic rings. The standard InChI is InChI=1S/C23H22N4O7S/c1-32-16-11-14(9-10-17(16)35(26,30)31)27-20(23(29)34-3)19(22(28)33-2)18(15(12-24)21(27)25)13-7-5-4-6-8-13/h4-11,18H,25H2,1-3H3,(H2,26,30,31). The second-order valence-electron chi connectivity index (χ2n) is 7.22. The zero-order chi connectivity index (χ0) is 25.9. The first-order valence-corrected chi connectivity index (χ1v) is 11.5. The van der Waals surface area contributed by atoms with E-state index in [9.17, 15) is 23.3 Å². The molecule has 0 aliphatic carbocycles. The molecule has 0 amide bonds. The number of rotatable bonds is 6. The third-order valence-corrected chi connectivity index (χ3v) is 6.27. The first kappa shape index (κ1) is 25.3. The van der Waals surface area contributed by atoms with Gasteiger partial charge in [-0.05, 0) is 17.7 Å². The third-order valence-electron chi connectivity index (χ3n) is 5.32. The molecule has 1 heterocycles. The number of carbonyl (C=O) groups excluding carboxylic acids is 2. The van der Waals surface area contributed by atoms with Crippen molar-refractivity contribution in [2.24, 2.45) is 10.9 Å². The lowest BCUT2D eigenvalue weighted by atomic mass is 9.81. The van der Waals surface area contributed by atoms with E-state index >= 15 is 0 Å². The van der Waals surface area contributed by atoms with Crippen molar-refractivity contribution < 1.29 is 32.2 Å². The fourth-order valence-electron chi connectivity index (χ4n) is 3.81. The number of carbonyl (C=O) groups is 2. The van der Waals surface area contributed by atoms with Gasteiger partial charge in [-0.3, -0.25) is 4.90 Å². The van der Waals surface area contributed by atoms with Crippen LogP contribution in [0.3, 0.4) is 0 Å². The van der Waals surface area contributed by atoms with Crippen LogP contribution in [0.1, 0.15) is 11.5 Å². The molecule has 35 heavy (non-hydrogen) atoms. The van der Waals surface area contributed by atoms with Crippen molar-refractivity contribution in [1.29, 1.82) is 5.26 Å². The normalized spacial score (nSPS) is 16.0. The highest BCUT2D eigenvalue weighted by atomic mass is 32.2. The largest absolute Gasteiger partial charge is 0.495 e. The van der Waals surface area contributed by atoms with Gasteiger partial charge in [-0.2, -0.15) is 5.26 Å². The number of allylic oxidation sites excluding steroid dienone is 1. The number of nitrogens with two attached hydrogens (primary N) is 2. The molecule has 3 rings (SSSR count). The van der Waals surface area contributed by atoms with E-state index in [0.717, 1.165) is 25.2 Å². The Kier molecular flexibility index (Phi) is 7.14. The second-order valence-corrected chi connectivity index (χ2v) is 8.75. The van der Waals surface area contributed by atoms with Gasteiger partial charge >= 0.3 is 11.9 Å². The maximum atomic E-state index is 13.0. The number of hydrogen-bond donors (Lipinski definition) is 2. The number of hydrogen-bond acceptors (Lipinski definition) is 10. The Morgan fingerprint density at radius 2 is 1.66 bits per heavy atom. The number of anilines is 1. The third kappa shape index (κ3) is 4.54. The van der Waals surface area contributed by atoms with Crippen LogP contribution in [0.4, 0.5) is 5.69 Å². The number of primary sulfonamides is 1. The van der Waals surface area contributed by atoms with E-state index < -0.39 is 27.9 Å². The van der Waals surface area contributed by atoms with E-state index in [0.29, 0.717) is 5.56 Å². The highest BCUT2D eigenvalue weighted by Gasteiger charge is 2.43. The van der Waals surface area contributed by atoms with Gasteiger partial charge in [-0.25, -0.2) is 23.1 Å². The highest BCUT2D eigenvalue weighted by Crippen LogP contribution is 2.44. The number of benzene rings is 2. The quantitative estimate of drug-likeness (QED) is 0.551. The first-order chi connectivity index (χ1) is 16.6. The van der Waals surface area contributed by atoms with Crippen molar-refractivity contribution in [3.8, 4) is 11.8 Å². The molecule has 1 aliphatic rings. The van der Waals surface area contributed by atoms with E-state index in [4.69, 9.17) is 25.1 Å². The monoisotopic (exact) mass is 498 g/mol. The molecule has 12 heteroatoms. The number of methoxy groups -OCH3 is 3. The summed E-state index contributed by atoms with van der Waals surface area (Å²) in [6, 6.07) is 14.2. The van der Waals surface area contributed by atoms with Crippen molar-refractivity contribution in [3.63, 3.8) is 0 Å². The minimum absolute atomic E-state index is 0.0428. The average molecular weight is 499 g/mol. The van der Waals surface area contributed by atoms with Gasteiger partial charge < -0.3 is 19.9 Å². The predicted molar refractivity (Wildman–Crippen MR) is 124 cm³/mol. The van der Waals surface area contributed by atoms with Crippen LogP contribution in [-0.4, -0.2) is 41.7 Å². The van der Waals surface area contributed by atoms with Crippen LogP contribution in [0.2, 0.25) is 0 Å². The first-order valence-electron chi connectivity index (χ1n) is 9.97. The Bertz CT molecular complexity index is 1390. The Morgan fingerprint density at radius 3 is 2.17 bits per heavy atom. The van der Waals surface area contributed by atoms with Crippen LogP contribution in [0.15, 0.2) is 76.1 Å². The summed E-state index contributed by atoms with van der Waals surface area (Å²) in [6.07, 6.45) is 0. The Labute approximate surface area is 201 Å². The van der Waals surface area contributed by atoms with Gasteiger partial charge in [-0.15, -0.1) is 0 Å². The van der Waals surface area contributed by atoms with E-state index in [1.54, 1.807) is 30.3 Å². The van der Waals surface area contributed by atoms with Gasteiger partial charge in [0.05, 0.1) is 50.2 Å². The Balaban J connectivity index is 2.42. The summed E-state index contributed by atoms with van der Waals surface area (Å²) in [6.45, 7) is 0. The molecule has 1 unspecified atom stereocenters. The molecular weight excluding hydrogens is 476 g/mol. The molecule has 0 saturated carbocycles. The van der Waals surface area contributed by atoms with Crippen LogP contribution in [0.5, 0.6) is 5.75 Å². The van der Waals surface area contributed by atoms with Gasteiger partial charge in [0, 0.05) is 6.07 Å². The Morgan fingerprint density at radius 1 is 1.03 bits per heavy atom. The lowest BCUT2D eigenvalue weighted by Crippen LogP contribution is -2.40. The van der Waals surface area contributed by atoms with Gasteiger partial charge in [0.1, 0.15) is 22.2 Å². The van der Waals surface area contributed by atoms with Gasteiger partial charge in [-0.1, -0.05) is 30.3 Å². The van der Waals surface area contributed by atoms with Crippen LogP contribution in [0, 0.1) is 11.3 Å². The van der Waals surface area contributed by atoms with E-state index in [1.807, 2.05) is 6.07 Å². The molecule has 1 aliphatic heterocycles. The average Bonchev–Trinajstić information content (AvgIpc) is 2.86. The van der Waals surface area contributed by atoms with Gasteiger partial charge in [0.2, 0.25) is 10.0 Å². The van der Waals surface area contributed by atoms with Crippen LogP contribution in [-0.2, 0) is 29.1 Å². The smallest absolute Gasteiger partial charge is 0.355 e. The summed E-state index contributed by atoms with van der Waals surface area (Å²) in [7, 11) is -0.669. The second kappa shape index (κ2) is 9.88. The lowest BCUT2D eigenvalue weighted by molar-refractivity contribution is -0.139. The summed E-state index contributed by atoms with van der Waals surface area (Å²) >= 11 is 0. The zero-order valence-corrected chi connectivity index (χ0v) is 19.8. The van der Waals surface area contributed by atoms with E-state index in [2.05, 4.69) is 0 Å². The molecule has 0 bridgehead atoms. The summed E-state index contributed by atoms with van der Waals surface area (Å²) < 4.78 is 38.9. The summed E-state index contributed by atoms with van der Waals surface area (Å²) in [5.41, 5.74) is 6.47. The fourth-order valence-corrected chi connectivity index (χ4v) is 4.49. The molecule has 2 aromatic carbocycles. The summed E-state index contributed by atoms with van der Waals surface area (Å²) in [4.78, 5) is 26.9. The predicted octanol–water partition coefficient (Wildman–Crippen LogP) is 1.24. The Hall–Kier alpha value is -4.34. The van der Waals surface area contributed by atoms with Gasteiger partial charge in [0.15, 0.2) is 0 Å². The van der Waals surface area contributed by atoms with Crippen molar-refractivity contribution >= 4 is 27.6 Å². The molecule has 0 fully saturated rings. The summed E-state index contributed by atoms with van der Waals surface area (Å²) in [5.74, 6) is -3.20. The van der Waals surface area contributed by atoms with Gasteiger partial charge in [0.25, 0.3) is 0 Å². The number of ether oxygens (including phenoxy) is 3. The molecule has 0 aromatic heterocycles. The summed E-state index contributed by atoms with van der Waals surface area (Å²) in [5, 5.41) is 15.3. The molecule has 4 N–H and O–H groups in total. The molecule has 1 atom stereocenters. The fraction of sp³-hybridized carbons (Fsp3) is 0.174. The highest BCUT2D eigenvalue weighted by molar-refractivity contribution is 7.89. The molecule has 0 spiro atoms. The number of nitriles is 1. The zero-order valence-electron chi connectivity index (χ0n) is 19.0. The minimum Gasteiger partial charge on any atom is -0.495 e. The van der Waals surface area contributed by atoms with Crippen LogP contribution in [0.25, 0.3) is 0 Å². The molecule has 11 nitrogen and oxygen atoms in total. The maximum absolute atomic E-state index is 13.0. The van der Waals surface area contributed by atoms with Crippen LogP contribution >= 0.6 is 0 Å². The topological polar surface area (TPSA) is 175 Å². The number of esters is 2. The van der Waals surface area contributed by atoms with Crippen molar-refractivity contribution in [1.82, 2.24) is 0 Å². The van der Waals surface area contributed by atoms with E-state index in [-0.39, 0.29) is 39.0 Å². The maximum Gasteiger partial charge on any atom is 0.355 e.